The van der Waals surface area contributed by atoms with E-state index in [0.29, 0.717) is 25.9 Å². The summed E-state index contributed by atoms with van der Waals surface area (Å²) in [6.07, 6.45) is 14.3. The van der Waals surface area contributed by atoms with E-state index in [0.717, 1.165) is 38.5 Å². The molecule has 242 valence electrons. The lowest BCUT2D eigenvalue weighted by Crippen LogP contribution is -2.68. The molecule has 0 aromatic heterocycles. The normalized spacial score (nSPS) is 21.7. The molecule has 3 rings (SSSR count). The Hall–Kier alpha value is -2.51. The number of esters is 1. The van der Waals surface area contributed by atoms with Gasteiger partial charge in [0.05, 0.1) is 24.9 Å². The van der Waals surface area contributed by atoms with E-state index in [-0.39, 0.29) is 28.9 Å². The first-order valence-corrected chi connectivity index (χ1v) is 18.7. The molecule has 0 radical (unpaired) electrons. The van der Waals surface area contributed by atoms with Gasteiger partial charge in [-0.25, -0.2) is 0 Å². The number of hydrogen-bond acceptors (Lipinski definition) is 5. The predicted octanol–water partition coefficient (Wildman–Crippen LogP) is 7.11. The van der Waals surface area contributed by atoms with Crippen LogP contribution in [0.3, 0.4) is 0 Å². The second-order valence-corrected chi connectivity index (χ2v) is 17.5. The molecule has 1 aliphatic carbocycles. The fourth-order valence-electron chi connectivity index (χ4n) is 6.65. The van der Waals surface area contributed by atoms with Gasteiger partial charge in [-0.1, -0.05) is 132 Å². The van der Waals surface area contributed by atoms with E-state index in [9.17, 15) is 15.0 Å². The maximum atomic E-state index is 11.7. The molecule has 0 saturated heterocycles. The van der Waals surface area contributed by atoms with Gasteiger partial charge in [-0.05, 0) is 60.4 Å². The summed E-state index contributed by atoms with van der Waals surface area (Å²) < 4.78 is 12.6. The van der Waals surface area contributed by atoms with Gasteiger partial charge in [0, 0.05) is 12.3 Å². The van der Waals surface area contributed by atoms with E-state index >= 15 is 0 Å². The van der Waals surface area contributed by atoms with Crippen LogP contribution in [0, 0.1) is 11.8 Å². The van der Waals surface area contributed by atoms with Crippen LogP contribution in [0.4, 0.5) is 0 Å². The van der Waals surface area contributed by atoms with Crippen LogP contribution in [0.25, 0.3) is 0 Å². The van der Waals surface area contributed by atoms with E-state index in [2.05, 4.69) is 107 Å². The molecule has 2 N–H and O–H groups in total. The summed E-state index contributed by atoms with van der Waals surface area (Å²) in [5, 5.41) is 24.6. The molecule has 1 fully saturated rings. The van der Waals surface area contributed by atoms with Crippen molar-refractivity contribution >= 4 is 24.7 Å². The first-order chi connectivity index (χ1) is 21.1. The van der Waals surface area contributed by atoms with Crippen molar-refractivity contribution in [1.29, 1.82) is 0 Å². The maximum absolute atomic E-state index is 11.7. The Balaban J connectivity index is 1.92. The Bertz CT molecular complexity index is 1120. The zero-order valence-electron chi connectivity index (χ0n) is 27.7. The Morgan fingerprint density at radius 1 is 0.977 bits per heavy atom. The maximum Gasteiger partial charge on any atom is 0.305 e. The van der Waals surface area contributed by atoms with Gasteiger partial charge in [0.15, 0.2) is 0 Å². The van der Waals surface area contributed by atoms with Gasteiger partial charge in [-0.2, -0.15) is 0 Å². The zero-order valence-corrected chi connectivity index (χ0v) is 28.7. The number of hydrogen-bond donors (Lipinski definition) is 2. The van der Waals surface area contributed by atoms with E-state index in [1.165, 1.54) is 10.4 Å². The highest BCUT2D eigenvalue weighted by molar-refractivity contribution is 6.99. The smallest absolute Gasteiger partial charge is 0.305 e. The predicted molar refractivity (Wildman–Crippen MR) is 184 cm³/mol. The largest absolute Gasteiger partial charge is 0.466 e. The minimum Gasteiger partial charge on any atom is -0.466 e. The average Bonchev–Trinajstić information content (AvgIpc) is 3.30. The molecule has 0 unspecified atom stereocenters. The Kier molecular flexibility index (Phi) is 14.6. The highest BCUT2D eigenvalue weighted by Crippen LogP contribution is 2.44. The molecule has 44 heavy (non-hydrogen) atoms. The molecule has 0 aliphatic heterocycles. The minimum atomic E-state index is -2.83. The quantitative estimate of drug-likeness (QED) is 0.0854. The summed E-state index contributed by atoms with van der Waals surface area (Å²) in [4.78, 5) is 11.7. The fraction of sp³-hybridized carbons (Fsp3) is 0.553. The second-order valence-electron chi connectivity index (χ2n) is 13.2. The number of carbonyl (C=O) groups is 1. The van der Waals surface area contributed by atoms with Crippen molar-refractivity contribution in [2.45, 2.75) is 116 Å². The second kappa shape index (κ2) is 17.8. The van der Waals surface area contributed by atoms with E-state index in [1.807, 2.05) is 13.0 Å². The van der Waals surface area contributed by atoms with Crippen molar-refractivity contribution in [3.05, 3.63) is 85.0 Å². The van der Waals surface area contributed by atoms with Crippen LogP contribution in [-0.2, 0) is 14.0 Å². The first-order valence-electron chi connectivity index (χ1n) is 16.8. The van der Waals surface area contributed by atoms with Crippen molar-refractivity contribution in [1.82, 2.24) is 0 Å². The van der Waals surface area contributed by atoms with Gasteiger partial charge in [0.2, 0.25) is 0 Å². The third kappa shape index (κ3) is 9.74. The van der Waals surface area contributed by atoms with Crippen LogP contribution in [0.15, 0.2) is 85.0 Å². The van der Waals surface area contributed by atoms with Crippen molar-refractivity contribution in [2.75, 3.05) is 6.61 Å². The van der Waals surface area contributed by atoms with Crippen LogP contribution in [0.1, 0.15) is 92.4 Å². The molecule has 5 nitrogen and oxygen atoms in total. The summed E-state index contributed by atoms with van der Waals surface area (Å²) in [5.41, 5.74) is 0. The van der Waals surface area contributed by atoms with E-state index in [4.69, 9.17) is 9.16 Å². The molecule has 6 heteroatoms. The molecule has 2 aromatic carbocycles. The third-order valence-corrected chi connectivity index (χ3v) is 14.0. The topological polar surface area (TPSA) is 76.0 Å². The lowest BCUT2D eigenvalue weighted by atomic mass is 9.89. The SMILES string of the molecule is CCCCC[C@H](O)/C=C/[C@@H]1[C@H](C/C=C\CCCC(=O)OCC)[C@@H](O)C[C@H]1O[Si](c1ccccc1)(c1ccccc1)C(C)(C)C. The number of aliphatic hydroxyl groups is 2. The third-order valence-electron chi connectivity index (χ3n) is 8.93. The Morgan fingerprint density at radius 3 is 2.18 bits per heavy atom. The Morgan fingerprint density at radius 2 is 1.61 bits per heavy atom. The summed E-state index contributed by atoms with van der Waals surface area (Å²) in [6, 6.07) is 21.3. The van der Waals surface area contributed by atoms with Gasteiger partial charge in [-0.15, -0.1) is 0 Å². The molecule has 0 spiro atoms. The highest BCUT2D eigenvalue weighted by Gasteiger charge is 2.54. The number of rotatable bonds is 17. The van der Waals surface area contributed by atoms with Crippen LogP contribution < -0.4 is 10.4 Å². The van der Waals surface area contributed by atoms with Gasteiger partial charge < -0.3 is 19.4 Å². The van der Waals surface area contributed by atoms with Crippen LogP contribution in [0.2, 0.25) is 5.04 Å². The van der Waals surface area contributed by atoms with Gasteiger partial charge in [0.25, 0.3) is 8.32 Å². The molecule has 0 amide bonds. The first kappa shape index (κ1) is 36.0. The molecule has 1 saturated carbocycles. The highest BCUT2D eigenvalue weighted by atomic mass is 28.4. The number of carbonyl (C=O) groups excluding carboxylic acids is 1. The average molecular weight is 621 g/mol. The van der Waals surface area contributed by atoms with Gasteiger partial charge in [-0.3, -0.25) is 4.79 Å². The van der Waals surface area contributed by atoms with Crippen molar-refractivity contribution in [3.8, 4) is 0 Å². The van der Waals surface area contributed by atoms with E-state index < -0.39 is 20.5 Å². The Labute approximate surface area is 267 Å². The number of allylic oxidation sites excluding steroid dienone is 2. The van der Waals surface area contributed by atoms with Crippen LogP contribution in [-0.4, -0.2) is 49.4 Å². The van der Waals surface area contributed by atoms with Crippen molar-refractivity contribution < 1.29 is 24.2 Å². The molecule has 1 aliphatic rings. The number of aliphatic hydroxyl groups excluding tert-OH is 2. The summed E-state index contributed by atoms with van der Waals surface area (Å²) >= 11 is 0. The van der Waals surface area contributed by atoms with E-state index in [1.54, 1.807) is 0 Å². The molecule has 2 aromatic rings. The number of ether oxygens (including phenoxy) is 1. The summed E-state index contributed by atoms with van der Waals surface area (Å²) in [7, 11) is -2.83. The molecule has 0 bridgehead atoms. The van der Waals surface area contributed by atoms with Gasteiger partial charge in [0.1, 0.15) is 0 Å². The summed E-state index contributed by atoms with van der Waals surface area (Å²) in [5.74, 6) is -0.228. The molecule has 5 atom stereocenters. The molecular formula is C38H56O5Si. The summed E-state index contributed by atoms with van der Waals surface area (Å²) in [6.45, 7) is 11.2. The van der Waals surface area contributed by atoms with Crippen molar-refractivity contribution in [3.63, 3.8) is 0 Å². The van der Waals surface area contributed by atoms with Crippen LogP contribution in [0.5, 0.6) is 0 Å². The zero-order chi connectivity index (χ0) is 32.0. The lowest BCUT2D eigenvalue weighted by molar-refractivity contribution is -0.143. The number of unbranched alkanes of at least 4 members (excludes halogenated alkanes) is 3. The molecular weight excluding hydrogens is 564 g/mol. The fourth-order valence-corrected chi connectivity index (χ4v) is 11.4. The van der Waals surface area contributed by atoms with Crippen LogP contribution >= 0.6 is 0 Å². The lowest BCUT2D eigenvalue weighted by Gasteiger charge is -2.45. The van der Waals surface area contributed by atoms with Crippen molar-refractivity contribution in [2.24, 2.45) is 11.8 Å². The van der Waals surface area contributed by atoms with Gasteiger partial charge >= 0.3 is 5.97 Å². The molecule has 0 heterocycles. The monoisotopic (exact) mass is 620 g/mol. The number of benzene rings is 2. The standard InChI is InChI=1S/C38H56O5Si/c1-6-8-13-20-30(39)27-28-34-33(25-18-9-10-19-26-37(41)42-7-2)35(40)29-36(34)43-44(38(3,4)5,31-21-14-11-15-22-31)32-23-16-12-17-24-32/h9,11-12,14-18,21-24,27-28,30,33-36,39-40H,6-8,10,13,19-20,25-26,29H2,1-5H3/b18-9-,28-27+/t30-,33-,34+,35-,36+/m0/s1. The minimum absolute atomic E-state index is 0.0291.